The van der Waals surface area contributed by atoms with Gasteiger partial charge in [-0.2, -0.15) is 0 Å². The number of benzene rings is 2. The minimum Gasteiger partial charge on any atom is -0.490 e. The Morgan fingerprint density at radius 3 is 2.68 bits per heavy atom. The number of primary amides is 1. The van der Waals surface area contributed by atoms with Gasteiger partial charge in [-0.1, -0.05) is 19.1 Å². The van der Waals surface area contributed by atoms with Crippen molar-refractivity contribution in [1.29, 1.82) is 0 Å². The van der Waals surface area contributed by atoms with Crippen LogP contribution in [0, 0.1) is 5.82 Å². The van der Waals surface area contributed by atoms with E-state index in [4.69, 9.17) is 15.2 Å². The number of halogens is 1. The lowest BCUT2D eigenvalue weighted by atomic mass is 10.1. The number of amidine groups is 1. The standard InChI is InChI=1S/C24H24FN3O5S/c1-2-10-32-20-12-15(3-6-19(20)33-11-8-22(26)30)13-21-23(31)28-24(34-21)27-17-5-4-16(7-9-29)18(25)14-17/h3-6,9,12-14H,2,7-8,10-11H2,1H3,(H2,26,30)(H,27,28,31). The van der Waals surface area contributed by atoms with E-state index in [0.29, 0.717) is 45.7 Å². The van der Waals surface area contributed by atoms with Crippen molar-refractivity contribution in [2.75, 3.05) is 13.2 Å². The summed E-state index contributed by atoms with van der Waals surface area (Å²) in [7, 11) is 0. The molecule has 1 fully saturated rings. The number of rotatable bonds is 11. The van der Waals surface area contributed by atoms with Gasteiger partial charge in [0.15, 0.2) is 16.7 Å². The maximum absolute atomic E-state index is 14.0. The number of thioether (sulfide) groups is 1. The van der Waals surface area contributed by atoms with Gasteiger partial charge in [0.2, 0.25) is 5.91 Å². The molecule has 0 spiro atoms. The third kappa shape index (κ3) is 6.92. The van der Waals surface area contributed by atoms with Crippen LogP contribution in [0.15, 0.2) is 46.3 Å². The summed E-state index contributed by atoms with van der Waals surface area (Å²) in [6, 6.07) is 9.49. The Morgan fingerprint density at radius 2 is 1.97 bits per heavy atom. The normalized spacial score (nSPS) is 15.4. The van der Waals surface area contributed by atoms with Crippen molar-refractivity contribution in [1.82, 2.24) is 5.32 Å². The van der Waals surface area contributed by atoms with Crippen molar-refractivity contribution in [2.24, 2.45) is 10.7 Å². The maximum atomic E-state index is 14.0. The summed E-state index contributed by atoms with van der Waals surface area (Å²) < 4.78 is 25.4. The van der Waals surface area contributed by atoms with Gasteiger partial charge in [0.25, 0.3) is 5.91 Å². The number of nitrogens with zero attached hydrogens (tertiary/aromatic N) is 1. The Morgan fingerprint density at radius 1 is 1.18 bits per heavy atom. The average molecular weight is 486 g/mol. The predicted octanol–water partition coefficient (Wildman–Crippen LogP) is 3.50. The van der Waals surface area contributed by atoms with E-state index in [1.807, 2.05) is 6.92 Å². The minimum atomic E-state index is -0.531. The van der Waals surface area contributed by atoms with Crippen LogP contribution < -0.4 is 20.5 Å². The van der Waals surface area contributed by atoms with Crippen LogP contribution in [-0.2, 0) is 20.8 Å². The van der Waals surface area contributed by atoms with Gasteiger partial charge in [0.1, 0.15) is 12.1 Å². The van der Waals surface area contributed by atoms with Crippen molar-refractivity contribution < 1.29 is 28.2 Å². The molecular weight excluding hydrogens is 461 g/mol. The van der Waals surface area contributed by atoms with E-state index in [-0.39, 0.29) is 30.9 Å². The van der Waals surface area contributed by atoms with Gasteiger partial charge in [-0.15, -0.1) is 0 Å². The number of nitrogens with two attached hydrogens (primary N) is 1. The molecule has 178 valence electrons. The quantitative estimate of drug-likeness (QED) is 0.371. The third-order valence-corrected chi connectivity index (χ3v) is 5.46. The van der Waals surface area contributed by atoms with E-state index in [9.17, 15) is 18.8 Å². The SMILES string of the molecule is CCCOc1cc(C=C2SC(=Nc3ccc(CC=O)c(F)c3)NC2=O)ccc1OCCC(N)=O. The molecule has 2 aromatic carbocycles. The van der Waals surface area contributed by atoms with Gasteiger partial charge in [0, 0.05) is 6.42 Å². The molecule has 2 aromatic rings. The highest BCUT2D eigenvalue weighted by Crippen LogP contribution is 2.33. The van der Waals surface area contributed by atoms with Crippen molar-refractivity contribution in [2.45, 2.75) is 26.2 Å². The Balaban J connectivity index is 1.77. The molecule has 0 saturated carbocycles. The van der Waals surface area contributed by atoms with Gasteiger partial charge in [-0.05, 0) is 59.7 Å². The number of aliphatic imine (C=N–C) groups is 1. The van der Waals surface area contributed by atoms with Crippen LogP contribution in [0.5, 0.6) is 11.5 Å². The Kier molecular flexibility index (Phi) is 8.80. The molecule has 1 heterocycles. The van der Waals surface area contributed by atoms with Gasteiger partial charge >= 0.3 is 0 Å². The van der Waals surface area contributed by atoms with Crippen molar-refractivity contribution >= 4 is 46.8 Å². The zero-order valence-electron chi connectivity index (χ0n) is 18.5. The molecule has 1 saturated heterocycles. The predicted molar refractivity (Wildman–Crippen MR) is 129 cm³/mol. The smallest absolute Gasteiger partial charge is 0.264 e. The highest BCUT2D eigenvalue weighted by atomic mass is 32.2. The molecule has 3 rings (SSSR count). The van der Waals surface area contributed by atoms with Crippen LogP contribution in [0.4, 0.5) is 10.1 Å². The molecule has 0 bridgehead atoms. The summed E-state index contributed by atoms with van der Waals surface area (Å²) in [5.74, 6) is -0.360. The van der Waals surface area contributed by atoms with Gasteiger partial charge in [-0.25, -0.2) is 9.38 Å². The number of nitrogens with one attached hydrogen (secondary N) is 1. The zero-order valence-corrected chi connectivity index (χ0v) is 19.3. The number of hydrogen-bond acceptors (Lipinski definition) is 7. The molecule has 8 nitrogen and oxygen atoms in total. The minimum absolute atomic E-state index is 0.0139. The van der Waals surface area contributed by atoms with Gasteiger partial charge in [-0.3, -0.25) is 9.59 Å². The van der Waals surface area contributed by atoms with E-state index < -0.39 is 11.7 Å². The van der Waals surface area contributed by atoms with Crippen LogP contribution in [0.3, 0.4) is 0 Å². The Bertz CT molecular complexity index is 1150. The van der Waals surface area contributed by atoms with E-state index in [1.165, 1.54) is 12.1 Å². The fourth-order valence-corrected chi connectivity index (χ4v) is 3.77. The summed E-state index contributed by atoms with van der Waals surface area (Å²) in [6.45, 7) is 2.58. The average Bonchev–Trinajstić information content (AvgIpc) is 3.13. The molecular formula is C24H24FN3O5S. The summed E-state index contributed by atoms with van der Waals surface area (Å²) >= 11 is 1.12. The van der Waals surface area contributed by atoms with Gasteiger partial charge < -0.3 is 25.3 Å². The molecule has 1 aliphatic heterocycles. The van der Waals surface area contributed by atoms with Crippen molar-refractivity contribution in [3.8, 4) is 11.5 Å². The molecule has 0 unspecified atom stereocenters. The second kappa shape index (κ2) is 12.0. The zero-order chi connectivity index (χ0) is 24.5. The van der Waals surface area contributed by atoms with Crippen LogP contribution in [0.1, 0.15) is 30.9 Å². The van der Waals surface area contributed by atoms with E-state index in [0.717, 1.165) is 18.2 Å². The largest absolute Gasteiger partial charge is 0.490 e. The summed E-state index contributed by atoms with van der Waals surface area (Å²) in [4.78, 5) is 38.6. The molecule has 3 N–H and O–H groups in total. The number of carbonyl (C=O) groups is 3. The summed E-state index contributed by atoms with van der Waals surface area (Å²) in [6.07, 6.45) is 3.18. The van der Waals surface area contributed by atoms with Crippen LogP contribution in [0.2, 0.25) is 0 Å². The second-order valence-corrected chi connectivity index (χ2v) is 8.28. The third-order valence-electron chi connectivity index (χ3n) is 4.55. The molecule has 2 amide bonds. The maximum Gasteiger partial charge on any atom is 0.264 e. The Labute approximate surface area is 200 Å². The highest BCUT2D eigenvalue weighted by molar-refractivity contribution is 8.18. The lowest BCUT2D eigenvalue weighted by molar-refractivity contribution is -0.118. The molecule has 0 aromatic heterocycles. The van der Waals surface area contributed by atoms with E-state index in [1.54, 1.807) is 30.3 Å². The first-order chi connectivity index (χ1) is 16.4. The monoisotopic (exact) mass is 485 g/mol. The molecule has 1 aliphatic rings. The number of aldehydes is 1. The first kappa shape index (κ1) is 25.0. The number of ether oxygens (including phenoxy) is 2. The first-order valence-corrected chi connectivity index (χ1v) is 11.4. The van der Waals surface area contributed by atoms with E-state index in [2.05, 4.69) is 10.3 Å². The fourth-order valence-electron chi connectivity index (χ4n) is 2.93. The summed E-state index contributed by atoms with van der Waals surface area (Å²) in [5.41, 5.74) is 6.46. The van der Waals surface area contributed by atoms with Crippen LogP contribution in [0.25, 0.3) is 6.08 Å². The second-order valence-electron chi connectivity index (χ2n) is 7.25. The topological polar surface area (TPSA) is 120 Å². The molecule has 34 heavy (non-hydrogen) atoms. The highest BCUT2D eigenvalue weighted by Gasteiger charge is 2.24. The molecule has 0 atom stereocenters. The lowest BCUT2D eigenvalue weighted by Gasteiger charge is -2.13. The molecule has 0 radical (unpaired) electrons. The summed E-state index contributed by atoms with van der Waals surface area (Å²) in [5, 5.41) is 2.97. The van der Waals surface area contributed by atoms with Crippen molar-refractivity contribution in [3.63, 3.8) is 0 Å². The Hall–Kier alpha value is -3.66. The number of amides is 2. The molecule has 0 aliphatic carbocycles. The molecule has 10 heteroatoms. The van der Waals surface area contributed by atoms with Crippen molar-refractivity contribution in [3.05, 3.63) is 58.2 Å². The van der Waals surface area contributed by atoms with Crippen LogP contribution in [-0.4, -0.2) is 36.5 Å². The first-order valence-electron chi connectivity index (χ1n) is 10.6. The van der Waals surface area contributed by atoms with E-state index >= 15 is 0 Å². The number of hydrogen-bond donors (Lipinski definition) is 2. The van der Waals surface area contributed by atoms with Gasteiger partial charge in [0.05, 0.1) is 30.2 Å². The fraction of sp³-hybridized carbons (Fsp3) is 0.250. The van der Waals surface area contributed by atoms with Crippen LogP contribution >= 0.6 is 11.8 Å². The number of carbonyl (C=O) groups excluding carboxylic acids is 3. The lowest BCUT2D eigenvalue weighted by Crippen LogP contribution is -2.19.